The highest BCUT2D eigenvalue weighted by molar-refractivity contribution is 5.79. The predicted molar refractivity (Wildman–Crippen MR) is 92.6 cm³/mol. The van der Waals surface area contributed by atoms with Crippen LogP contribution in [0.1, 0.15) is 37.7 Å². The molecule has 1 saturated carbocycles. The zero-order valence-electron chi connectivity index (χ0n) is 14.4. The van der Waals surface area contributed by atoms with Crippen molar-refractivity contribution >= 4 is 16.9 Å². The third kappa shape index (κ3) is 2.72. The van der Waals surface area contributed by atoms with Crippen LogP contribution in [0, 0.1) is 11.8 Å². The summed E-state index contributed by atoms with van der Waals surface area (Å²) in [6.45, 7) is 3.76. The van der Waals surface area contributed by atoms with Gasteiger partial charge in [-0.2, -0.15) is 0 Å². The molecule has 4 aliphatic rings. The molecule has 4 heterocycles. The molecule has 4 fully saturated rings. The first kappa shape index (κ1) is 15.3. The second kappa shape index (κ2) is 6.09. The summed E-state index contributed by atoms with van der Waals surface area (Å²) >= 11 is 0. The molecular weight excluding hydrogens is 316 g/mol. The van der Waals surface area contributed by atoms with Crippen LogP contribution in [0.5, 0.6) is 0 Å². The Bertz CT molecular complexity index is 785. The number of aromatic nitrogens is 2. The number of amides is 1. The predicted octanol–water partition coefficient (Wildman–Crippen LogP) is 2.45. The van der Waals surface area contributed by atoms with E-state index < -0.39 is 0 Å². The number of carbonyl (C=O) groups excluding carboxylic acids is 1. The molecule has 25 heavy (non-hydrogen) atoms. The SMILES string of the molecule is O=C(C1CCC1)N1C[C@H]2CC[C@@H](C1)N(Cc1cccc3nonc13)C2. The molecule has 0 unspecified atom stereocenters. The minimum atomic E-state index is 0.306. The minimum absolute atomic E-state index is 0.306. The van der Waals surface area contributed by atoms with Crippen molar-refractivity contribution in [3.05, 3.63) is 23.8 Å². The first-order valence-corrected chi connectivity index (χ1v) is 9.51. The van der Waals surface area contributed by atoms with E-state index in [2.05, 4.69) is 26.2 Å². The van der Waals surface area contributed by atoms with Crippen molar-refractivity contribution in [3.8, 4) is 0 Å². The van der Waals surface area contributed by atoms with Gasteiger partial charge in [-0.05, 0) is 53.5 Å². The standard InChI is InChI=1S/C19H24N4O2/c24-19(14-3-1-4-14)23-10-13-7-8-16(12-23)22(9-13)11-15-5-2-6-17-18(15)21-25-20-17/h2,5-6,13-14,16H,1,3-4,7-12H2/t13-,16-/m0/s1. The third-order valence-corrected chi connectivity index (χ3v) is 6.34. The van der Waals surface area contributed by atoms with Crippen LogP contribution in [0.25, 0.3) is 11.0 Å². The van der Waals surface area contributed by atoms with Crippen molar-refractivity contribution in [3.63, 3.8) is 0 Å². The van der Waals surface area contributed by atoms with Gasteiger partial charge in [-0.25, -0.2) is 4.63 Å². The van der Waals surface area contributed by atoms with Crippen LogP contribution in [0.15, 0.2) is 22.8 Å². The van der Waals surface area contributed by atoms with Crippen LogP contribution < -0.4 is 0 Å². The van der Waals surface area contributed by atoms with Crippen molar-refractivity contribution in [2.24, 2.45) is 11.8 Å². The van der Waals surface area contributed by atoms with E-state index >= 15 is 0 Å². The van der Waals surface area contributed by atoms with E-state index in [0.29, 0.717) is 23.8 Å². The summed E-state index contributed by atoms with van der Waals surface area (Å²) in [4.78, 5) is 17.5. The summed E-state index contributed by atoms with van der Waals surface area (Å²) in [5, 5.41) is 8.03. The van der Waals surface area contributed by atoms with Crippen molar-refractivity contribution in [1.82, 2.24) is 20.1 Å². The second-order valence-corrected chi connectivity index (χ2v) is 7.95. The molecule has 2 atom stereocenters. The number of fused-ring (bicyclic) bond motifs is 5. The van der Waals surface area contributed by atoms with Gasteiger partial charge >= 0.3 is 0 Å². The fourth-order valence-corrected chi connectivity index (χ4v) is 4.67. The molecule has 6 nitrogen and oxygen atoms in total. The Morgan fingerprint density at radius 3 is 2.88 bits per heavy atom. The second-order valence-electron chi connectivity index (χ2n) is 7.95. The summed E-state index contributed by atoms with van der Waals surface area (Å²) in [5.41, 5.74) is 2.85. The van der Waals surface area contributed by atoms with Gasteiger partial charge in [-0.1, -0.05) is 18.6 Å². The summed E-state index contributed by atoms with van der Waals surface area (Å²) in [5.74, 6) is 1.31. The maximum Gasteiger partial charge on any atom is 0.225 e. The lowest BCUT2D eigenvalue weighted by Gasteiger charge is -2.36. The minimum Gasteiger partial charge on any atom is -0.341 e. The average Bonchev–Trinajstić information content (AvgIpc) is 2.87. The Morgan fingerprint density at radius 1 is 1.12 bits per heavy atom. The van der Waals surface area contributed by atoms with Gasteiger partial charge in [0.1, 0.15) is 11.0 Å². The highest BCUT2D eigenvalue weighted by Gasteiger charge is 2.39. The number of carbonyl (C=O) groups is 1. The molecule has 2 aromatic rings. The van der Waals surface area contributed by atoms with E-state index in [4.69, 9.17) is 4.63 Å². The van der Waals surface area contributed by atoms with Gasteiger partial charge in [0, 0.05) is 38.1 Å². The van der Waals surface area contributed by atoms with Gasteiger partial charge in [0.05, 0.1) is 0 Å². The molecule has 132 valence electrons. The lowest BCUT2D eigenvalue weighted by atomic mass is 9.84. The van der Waals surface area contributed by atoms with Crippen molar-refractivity contribution in [2.75, 3.05) is 19.6 Å². The number of nitrogens with zero attached hydrogens (tertiary/aromatic N) is 4. The van der Waals surface area contributed by atoms with Crippen LogP contribution in [0.2, 0.25) is 0 Å². The monoisotopic (exact) mass is 340 g/mol. The first-order chi connectivity index (χ1) is 12.3. The summed E-state index contributed by atoms with van der Waals surface area (Å²) in [6.07, 6.45) is 5.83. The first-order valence-electron chi connectivity index (χ1n) is 9.51. The summed E-state index contributed by atoms with van der Waals surface area (Å²) in [7, 11) is 0. The molecule has 1 aromatic carbocycles. The van der Waals surface area contributed by atoms with E-state index in [0.717, 1.165) is 50.1 Å². The highest BCUT2D eigenvalue weighted by Crippen LogP contribution is 2.34. The zero-order chi connectivity index (χ0) is 16.8. The fourth-order valence-electron chi connectivity index (χ4n) is 4.67. The smallest absolute Gasteiger partial charge is 0.225 e. The lowest BCUT2D eigenvalue weighted by Crippen LogP contribution is -2.45. The largest absolute Gasteiger partial charge is 0.341 e. The van der Waals surface area contributed by atoms with E-state index in [1.807, 2.05) is 12.1 Å². The normalized spacial score (nSPS) is 27.4. The van der Waals surface area contributed by atoms with Crippen LogP contribution in [-0.4, -0.2) is 51.7 Å². The molecule has 1 amide bonds. The maximum absolute atomic E-state index is 12.7. The van der Waals surface area contributed by atoms with E-state index in [1.165, 1.54) is 24.8 Å². The van der Waals surface area contributed by atoms with Gasteiger partial charge in [-0.15, -0.1) is 0 Å². The molecular formula is C19H24N4O2. The number of rotatable bonds is 3. The quantitative estimate of drug-likeness (QED) is 0.859. The molecule has 0 radical (unpaired) electrons. The van der Waals surface area contributed by atoms with Crippen LogP contribution in [-0.2, 0) is 11.3 Å². The maximum atomic E-state index is 12.7. The van der Waals surface area contributed by atoms with Crippen LogP contribution >= 0.6 is 0 Å². The fraction of sp³-hybridized carbons (Fsp3) is 0.632. The Balaban J connectivity index is 1.35. The van der Waals surface area contributed by atoms with E-state index in [1.54, 1.807) is 0 Å². The van der Waals surface area contributed by atoms with Crippen molar-refractivity contribution in [1.29, 1.82) is 0 Å². The number of hydrogen-bond donors (Lipinski definition) is 0. The van der Waals surface area contributed by atoms with Gasteiger partial charge in [-0.3, -0.25) is 9.69 Å². The van der Waals surface area contributed by atoms with E-state index in [9.17, 15) is 4.79 Å². The zero-order valence-corrected chi connectivity index (χ0v) is 14.4. The summed E-state index contributed by atoms with van der Waals surface area (Å²) in [6, 6.07) is 6.52. The number of piperidine rings is 1. The molecule has 1 aliphatic carbocycles. The molecule has 0 spiro atoms. The topological polar surface area (TPSA) is 62.5 Å². The Kier molecular flexibility index (Phi) is 3.73. The molecule has 6 rings (SSSR count). The highest BCUT2D eigenvalue weighted by atomic mass is 16.6. The third-order valence-electron chi connectivity index (χ3n) is 6.34. The Hall–Kier alpha value is -1.95. The number of benzene rings is 1. The summed E-state index contributed by atoms with van der Waals surface area (Å²) < 4.78 is 4.90. The Morgan fingerprint density at radius 2 is 2.04 bits per heavy atom. The van der Waals surface area contributed by atoms with Crippen molar-refractivity contribution < 1.29 is 9.42 Å². The van der Waals surface area contributed by atoms with Crippen LogP contribution in [0.3, 0.4) is 0 Å². The number of hydrogen-bond acceptors (Lipinski definition) is 5. The van der Waals surface area contributed by atoms with Gasteiger partial charge in [0.15, 0.2) is 0 Å². The average molecular weight is 340 g/mol. The Labute approximate surface area is 147 Å². The van der Waals surface area contributed by atoms with E-state index in [-0.39, 0.29) is 0 Å². The molecule has 3 aliphatic heterocycles. The molecule has 1 aromatic heterocycles. The van der Waals surface area contributed by atoms with Gasteiger partial charge in [0.25, 0.3) is 0 Å². The van der Waals surface area contributed by atoms with Gasteiger partial charge in [0.2, 0.25) is 5.91 Å². The molecule has 3 saturated heterocycles. The van der Waals surface area contributed by atoms with Gasteiger partial charge < -0.3 is 4.90 Å². The molecule has 2 bridgehead atoms. The lowest BCUT2D eigenvalue weighted by molar-refractivity contribution is -0.138. The van der Waals surface area contributed by atoms with Crippen LogP contribution in [0.4, 0.5) is 0 Å². The van der Waals surface area contributed by atoms with Crippen molar-refractivity contribution in [2.45, 2.75) is 44.7 Å². The molecule has 6 heteroatoms. The molecule has 0 N–H and O–H groups in total.